The number of carbonyl (C=O) groups excluding carboxylic acids is 1. The van der Waals surface area contributed by atoms with E-state index in [9.17, 15) is 18.0 Å². The Bertz CT molecular complexity index is 409. The smallest absolute Gasteiger partial charge is 0.403 e. The van der Waals surface area contributed by atoms with Crippen molar-refractivity contribution >= 4 is 28.9 Å². The van der Waals surface area contributed by atoms with Crippen molar-refractivity contribution in [1.82, 2.24) is 4.98 Å². The first-order valence-electron chi connectivity index (χ1n) is 3.97. The van der Waals surface area contributed by atoms with Gasteiger partial charge in [-0.15, -0.1) is 13.2 Å². The molecule has 2 N–H and O–H groups in total. The maximum atomic E-state index is 12.1. The number of halogens is 4. The van der Waals surface area contributed by atoms with Crippen molar-refractivity contribution in [2.45, 2.75) is 12.9 Å². The van der Waals surface area contributed by atoms with E-state index in [0.29, 0.717) is 6.29 Å². The minimum atomic E-state index is -4.84. The zero-order valence-electron chi connectivity index (χ0n) is 7.71. The van der Waals surface area contributed by atoms with Crippen LogP contribution in [-0.4, -0.2) is 17.6 Å². The van der Waals surface area contributed by atoms with Crippen LogP contribution in [0, 0.1) is 3.70 Å². The van der Waals surface area contributed by atoms with Gasteiger partial charge in [0.15, 0.2) is 12.0 Å². The molecule has 0 aliphatic carbocycles. The average Bonchev–Trinajstić information content (AvgIpc) is 2.19. The van der Waals surface area contributed by atoms with Crippen LogP contribution in [0.5, 0.6) is 5.75 Å². The van der Waals surface area contributed by atoms with Crippen LogP contribution in [0.1, 0.15) is 15.9 Å². The molecule has 0 saturated heterocycles. The molecule has 16 heavy (non-hydrogen) atoms. The fourth-order valence-electron chi connectivity index (χ4n) is 1.05. The topological polar surface area (TPSA) is 65.2 Å². The van der Waals surface area contributed by atoms with Crippen LogP contribution >= 0.6 is 22.6 Å². The molecular formula is C8H6F3IN2O2. The van der Waals surface area contributed by atoms with Crippen LogP contribution in [0.25, 0.3) is 0 Å². The molecule has 1 heterocycles. The largest absolute Gasteiger partial charge is 0.573 e. The summed E-state index contributed by atoms with van der Waals surface area (Å²) < 4.78 is 40.1. The van der Waals surface area contributed by atoms with E-state index in [1.165, 1.54) is 0 Å². The molecule has 0 aliphatic heterocycles. The van der Waals surface area contributed by atoms with E-state index in [0.717, 1.165) is 6.20 Å². The Morgan fingerprint density at radius 1 is 1.56 bits per heavy atom. The molecule has 4 nitrogen and oxygen atoms in total. The predicted octanol–water partition coefficient (Wildman–Crippen LogP) is 1.86. The Hall–Kier alpha value is -0.900. The zero-order chi connectivity index (χ0) is 12.3. The summed E-state index contributed by atoms with van der Waals surface area (Å²) in [4.78, 5) is 14.2. The van der Waals surface area contributed by atoms with E-state index in [4.69, 9.17) is 5.73 Å². The van der Waals surface area contributed by atoms with Gasteiger partial charge < -0.3 is 10.5 Å². The molecule has 1 aromatic rings. The second-order valence-electron chi connectivity index (χ2n) is 2.68. The molecule has 0 unspecified atom stereocenters. The Kier molecular flexibility index (Phi) is 4.08. The number of carbonyl (C=O) groups is 1. The van der Waals surface area contributed by atoms with Crippen LogP contribution < -0.4 is 10.5 Å². The molecular weight excluding hydrogens is 340 g/mol. The molecule has 0 spiro atoms. The highest BCUT2D eigenvalue weighted by Gasteiger charge is 2.33. The molecule has 0 saturated carbocycles. The minimum Gasteiger partial charge on any atom is -0.403 e. The maximum Gasteiger partial charge on any atom is 0.573 e. The molecule has 0 amide bonds. The van der Waals surface area contributed by atoms with Gasteiger partial charge in [0, 0.05) is 23.9 Å². The van der Waals surface area contributed by atoms with Crippen LogP contribution in [0.4, 0.5) is 13.2 Å². The first-order valence-corrected chi connectivity index (χ1v) is 5.05. The summed E-state index contributed by atoms with van der Waals surface area (Å²) in [5.41, 5.74) is 5.26. The number of nitrogens with two attached hydrogens (primary N) is 1. The van der Waals surface area contributed by atoms with Crippen molar-refractivity contribution in [3.63, 3.8) is 0 Å². The van der Waals surface area contributed by atoms with E-state index in [1.807, 2.05) is 0 Å². The van der Waals surface area contributed by atoms with Crippen molar-refractivity contribution in [1.29, 1.82) is 0 Å². The summed E-state index contributed by atoms with van der Waals surface area (Å²) in [6, 6.07) is 0. The first-order chi connectivity index (χ1) is 7.39. The fraction of sp³-hybridized carbons (Fsp3) is 0.250. The Morgan fingerprint density at radius 2 is 2.19 bits per heavy atom. The number of rotatable bonds is 3. The van der Waals surface area contributed by atoms with Gasteiger partial charge in [-0.3, -0.25) is 4.79 Å². The fourth-order valence-corrected chi connectivity index (χ4v) is 1.62. The number of hydrogen-bond donors (Lipinski definition) is 1. The number of pyridine rings is 1. The monoisotopic (exact) mass is 346 g/mol. The van der Waals surface area contributed by atoms with Gasteiger partial charge in [-0.25, -0.2) is 4.98 Å². The number of ether oxygens (including phenoxy) is 1. The highest BCUT2D eigenvalue weighted by Crippen LogP contribution is 2.31. The molecule has 0 aliphatic rings. The highest BCUT2D eigenvalue weighted by molar-refractivity contribution is 14.1. The highest BCUT2D eigenvalue weighted by atomic mass is 127. The Balaban J connectivity index is 3.29. The molecule has 88 valence electrons. The van der Waals surface area contributed by atoms with Gasteiger partial charge in [0.1, 0.15) is 3.70 Å². The molecule has 8 heteroatoms. The van der Waals surface area contributed by atoms with Gasteiger partial charge in [-0.05, 0) is 22.6 Å². The average molecular weight is 346 g/mol. The van der Waals surface area contributed by atoms with Crippen LogP contribution in [0.2, 0.25) is 0 Å². The molecule has 1 rings (SSSR count). The summed E-state index contributed by atoms with van der Waals surface area (Å²) >= 11 is 1.57. The third kappa shape index (κ3) is 3.04. The van der Waals surface area contributed by atoms with E-state index in [-0.39, 0.29) is 21.4 Å². The summed E-state index contributed by atoms with van der Waals surface area (Å²) in [5, 5.41) is 0. The van der Waals surface area contributed by atoms with E-state index < -0.39 is 12.1 Å². The SMILES string of the molecule is NCc1c(C=O)cnc(I)c1OC(F)(F)F. The van der Waals surface area contributed by atoms with E-state index in [2.05, 4.69) is 9.72 Å². The van der Waals surface area contributed by atoms with Crippen molar-refractivity contribution in [3.05, 3.63) is 21.0 Å². The Morgan fingerprint density at radius 3 is 2.62 bits per heavy atom. The summed E-state index contributed by atoms with van der Waals surface area (Å²) in [6.45, 7) is -0.238. The van der Waals surface area contributed by atoms with Gasteiger partial charge in [-0.1, -0.05) is 0 Å². The molecule has 1 aromatic heterocycles. The molecule has 0 radical (unpaired) electrons. The maximum absolute atomic E-state index is 12.1. The van der Waals surface area contributed by atoms with Crippen molar-refractivity contribution in [2.75, 3.05) is 0 Å². The van der Waals surface area contributed by atoms with E-state index >= 15 is 0 Å². The number of nitrogens with zero attached hydrogens (tertiary/aromatic N) is 1. The molecule has 0 fully saturated rings. The predicted molar refractivity (Wildman–Crippen MR) is 56.9 cm³/mol. The first kappa shape index (κ1) is 13.2. The van der Waals surface area contributed by atoms with Gasteiger partial charge in [0.05, 0.1) is 0 Å². The minimum absolute atomic E-state index is 0.000903. The quantitative estimate of drug-likeness (QED) is 0.516. The summed E-state index contributed by atoms with van der Waals surface area (Å²) in [5.74, 6) is -0.514. The van der Waals surface area contributed by atoms with Gasteiger partial charge in [0.25, 0.3) is 0 Å². The van der Waals surface area contributed by atoms with Crippen molar-refractivity contribution in [3.8, 4) is 5.75 Å². The summed E-state index contributed by atoms with van der Waals surface area (Å²) in [6.07, 6.45) is -3.30. The van der Waals surface area contributed by atoms with E-state index in [1.54, 1.807) is 22.6 Å². The summed E-state index contributed by atoms with van der Waals surface area (Å²) in [7, 11) is 0. The van der Waals surface area contributed by atoms with Gasteiger partial charge >= 0.3 is 6.36 Å². The Labute approximate surface area is 102 Å². The number of alkyl halides is 3. The molecule has 0 atom stereocenters. The molecule has 0 aromatic carbocycles. The molecule has 0 bridgehead atoms. The number of aromatic nitrogens is 1. The lowest BCUT2D eigenvalue weighted by Gasteiger charge is -2.14. The van der Waals surface area contributed by atoms with Gasteiger partial charge in [0.2, 0.25) is 0 Å². The lowest BCUT2D eigenvalue weighted by atomic mass is 10.1. The zero-order valence-corrected chi connectivity index (χ0v) is 9.87. The lowest BCUT2D eigenvalue weighted by molar-refractivity contribution is -0.275. The van der Waals surface area contributed by atoms with Crippen LogP contribution in [0.15, 0.2) is 6.20 Å². The van der Waals surface area contributed by atoms with Crippen LogP contribution in [0.3, 0.4) is 0 Å². The lowest BCUT2D eigenvalue weighted by Crippen LogP contribution is -2.20. The second-order valence-corrected chi connectivity index (χ2v) is 3.70. The van der Waals surface area contributed by atoms with Crippen molar-refractivity contribution in [2.24, 2.45) is 5.73 Å². The van der Waals surface area contributed by atoms with Crippen LogP contribution in [-0.2, 0) is 6.54 Å². The standard InChI is InChI=1S/C8H6F3IN2O2/c9-8(10,11)16-6-5(1-13)4(3-15)2-14-7(6)12/h2-3H,1,13H2. The number of aldehydes is 1. The third-order valence-corrected chi connectivity index (χ3v) is 2.44. The number of hydrogen-bond acceptors (Lipinski definition) is 4. The van der Waals surface area contributed by atoms with Crippen molar-refractivity contribution < 1.29 is 22.7 Å². The third-order valence-electron chi connectivity index (χ3n) is 1.68. The van der Waals surface area contributed by atoms with Gasteiger partial charge in [-0.2, -0.15) is 0 Å². The normalized spacial score (nSPS) is 11.3. The second kappa shape index (κ2) is 4.95.